The van der Waals surface area contributed by atoms with E-state index < -0.39 is 12.0 Å². The van der Waals surface area contributed by atoms with Crippen LogP contribution in [0, 0.1) is 0 Å². The third-order valence-corrected chi connectivity index (χ3v) is 4.90. The van der Waals surface area contributed by atoms with E-state index in [0.29, 0.717) is 24.5 Å². The molecule has 3 rings (SSSR count). The third-order valence-electron chi connectivity index (χ3n) is 4.90. The molecule has 0 radical (unpaired) electrons. The number of carbonyl (C=O) groups is 1. The number of nitrogens with zero attached hydrogens (tertiary/aromatic N) is 2. The van der Waals surface area contributed by atoms with Gasteiger partial charge in [-0.3, -0.25) is 14.7 Å². The highest BCUT2D eigenvalue weighted by Crippen LogP contribution is 2.39. The fourth-order valence-corrected chi connectivity index (χ4v) is 3.66. The van der Waals surface area contributed by atoms with Gasteiger partial charge < -0.3 is 14.6 Å². The van der Waals surface area contributed by atoms with E-state index in [1.165, 1.54) is 0 Å². The van der Waals surface area contributed by atoms with Gasteiger partial charge in [-0.15, -0.1) is 0 Å². The Labute approximate surface area is 153 Å². The van der Waals surface area contributed by atoms with Crippen molar-refractivity contribution in [3.05, 3.63) is 53.9 Å². The van der Waals surface area contributed by atoms with Gasteiger partial charge in [-0.1, -0.05) is 12.5 Å². The molecule has 1 aromatic heterocycles. The summed E-state index contributed by atoms with van der Waals surface area (Å²) in [5.41, 5.74) is 1.86. The number of benzene rings is 1. The number of aliphatic carboxylic acids is 1. The Morgan fingerprint density at radius 1 is 1.27 bits per heavy atom. The Morgan fingerprint density at radius 3 is 2.77 bits per heavy atom. The van der Waals surface area contributed by atoms with E-state index in [2.05, 4.69) is 4.98 Å². The molecule has 0 amide bonds. The Bertz CT molecular complexity index is 751. The molecule has 0 bridgehead atoms. The molecule has 2 heterocycles. The molecule has 1 saturated heterocycles. The lowest BCUT2D eigenvalue weighted by atomic mass is 9.92. The molecule has 138 valence electrons. The van der Waals surface area contributed by atoms with Gasteiger partial charge in [0.1, 0.15) is 17.5 Å². The molecule has 2 aromatic rings. The maximum Gasteiger partial charge on any atom is 0.320 e. The molecule has 0 aliphatic carbocycles. The molecule has 1 N–H and O–H groups in total. The summed E-state index contributed by atoms with van der Waals surface area (Å²) in [7, 11) is 3.22. The van der Waals surface area contributed by atoms with Crippen LogP contribution in [0.2, 0.25) is 0 Å². The molecule has 6 nitrogen and oxygen atoms in total. The fraction of sp³-hybridized carbons (Fsp3) is 0.400. The summed E-state index contributed by atoms with van der Waals surface area (Å²) in [5.74, 6) is 0.586. The first-order valence-corrected chi connectivity index (χ1v) is 8.76. The van der Waals surface area contributed by atoms with Crippen molar-refractivity contribution in [2.45, 2.75) is 31.3 Å². The van der Waals surface area contributed by atoms with Crippen LogP contribution in [0.15, 0.2) is 42.7 Å². The monoisotopic (exact) mass is 356 g/mol. The van der Waals surface area contributed by atoms with Gasteiger partial charge in [-0.05, 0) is 43.1 Å². The molecular weight excluding hydrogens is 332 g/mol. The summed E-state index contributed by atoms with van der Waals surface area (Å²) >= 11 is 0. The number of pyridine rings is 1. The molecule has 26 heavy (non-hydrogen) atoms. The molecule has 0 spiro atoms. The van der Waals surface area contributed by atoms with Gasteiger partial charge in [-0.25, -0.2) is 0 Å². The van der Waals surface area contributed by atoms with Crippen molar-refractivity contribution < 1.29 is 19.4 Å². The van der Waals surface area contributed by atoms with E-state index in [9.17, 15) is 9.90 Å². The lowest BCUT2D eigenvalue weighted by molar-refractivity contribution is -0.145. The maximum atomic E-state index is 11.9. The Kier molecular flexibility index (Phi) is 5.73. The van der Waals surface area contributed by atoms with E-state index in [1.807, 2.05) is 35.2 Å². The first kappa shape index (κ1) is 18.2. The number of ether oxygens (including phenoxy) is 2. The number of hydrogen-bond acceptors (Lipinski definition) is 5. The zero-order chi connectivity index (χ0) is 18.5. The zero-order valence-corrected chi connectivity index (χ0v) is 15.1. The molecule has 0 saturated carbocycles. The van der Waals surface area contributed by atoms with Crippen LogP contribution in [0.25, 0.3) is 0 Å². The number of likely N-dealkylation sites (tertiary alicyclic amines) is 1. The summed E-state index contributed by atoms with van der Waals surface area (Å²) in [6.45, 7) is 0.714. The zero-order valence-electron chi connectivity index (χ0n) is 15.1. The second-order valence-electron chi connectivity index (χ2n) is 6.38. The van der Waals surface area contributed by atoms with Crippen molar-refractivity contribution in [3.63, 3.8) is 0 Å². The molecule has 1 fully saturated rings. The van der Waals surface area contributed by atoms with Crippen molar-refractivity contribution in [2.24, 2.45) is 0 Å². The van der Waals surface area contributed by atoms with Crippen molar-refractivity contribution in [1.82, 2.24) is 9.88 Å². The largest absolute Gasteiger partial charge is 0.497 e. The van der Waals surface area contributed by atoms with E-state index in [0.717, 1.165) is 24.0 Å². The summed E-state index contributed by atoms with van der Waals surface area (Å²) in [6, 6.07) is 8.74. The highest BCUT2D eigenvalue weighted by atomic mass is 16.5. The predicted molar refractivity (Wildman–Crippen MR) is 97.6 cm³/mol. The number of carboxylic acid groups (broad SMARTS) is 1. The van der Waals surface area contributed by atoms with Crippen LogP contribution >= 0.6 is 0 Å². The third kappa shape index (κ3) is 3.65. The summed E-state index contributed by atoms with van der Waals surface area (Å²) in [5, 5.41) is 9.75. The minimum Gasteiger partial charge on any atom is -0.497 e. The van der Waals surface area contributed by atoms with Gasteiger partial charge in [0.15, 0.2) is 0 Å². The number of carboxylic acids is 1. The summed E-state index contributed by atoms with van der Waals surface area (Å²) < 4.78 is 10.9. The fourth-order valence-electron chi connectivity index (χ4n) is 3.66. The van der Waals surface area contributed by atoms with Gasteiger partial charge >= 0.3 is 5.97 Å². The second-order valence-corrected chi connectivity index (χ2v) is 6.38. The van der Waals surface area contributed by atoms with Crippen LogP contribution in [0.5, 0.6) is 11.5 Å². The summed E-state index contributed by atoms with van der Waals surface area (Å²) in [6.07, 6.45) is 6.05. The molecule has 2 unspecified atom stereocenters. The lowest BCUT2D eigenvalue weighted by Crippen LogP contribution is -2.46. The van der Waals surface area contributed by atoms with Gasteiger partial charge in [0.05, 0.1) is 20.3 Å². The average molecular weight is 356 g/mol. The number of hydrogen-bond donors (Lipinski definition) is 1. The van der Waals surface area contributed by atoms with Crippen LogP contribution in [-0.2, 0) is 4.79 Å². The van der Waals surface area contributed by atoms with E-state index in [1.54, 1.807) is 26.6 Å². The summed E-state index contributed by atoms with van der Waals surface area (Å²) in [4.78, 5) is 18.2. The molecule has 1 aliphatic heterocycles. The highest BCUT2D eigenvalue weighted by Gasteiger charge is 2.36. The molecule has 1 aromatic carbocycles. The Balaban J connectivity index is 2.11. The van der Waals surface area contributed by atoms with Crippen LogP contribution in [-0.4, -0.2) is 47.8 Å². The number of rotatable bonds is 6. The van der Waals surface area contributed by atoms with Crippen molar-refractivity contribution in [2.75, 3.05) is 20.8 Å². The molecular formula is C20H24N2O4. The lowest BCUT2D eigenvalue weighted by Gasteiger charge is -2.39. The highest BCUT2D eigenvalue weighted by molar-refractivity contribution is 5.73. The van der Waals surface area contributed by atoms with Gasteiger partial charge in [0.2, 0.25) is 0 Å². The van der Waals surface area contributed by atoms with Gasteiger partial charge in [0, 0.05) is 24.0 Å². The Hall–Kier alpha value is -2.60. The normalized spacial score (nSPS) is 18.9. The van der Waals surface area contributed by atoms with E-state index in [4.69, 9.17) is 9.47 Å². The predicted octanol–water partition coefficient (Wildman–Crippen LogP) is 3.13. The smallest absolute Gasteiger partial charge is 0.320 e. The van der Waals surface area contributed by atoms with Crippen molar-refractivity contribution in [3.8, 4) is 11.5 Å². The number of aromatic nitrogens is 1. The topological polar surface area (TPSA) is 71.9 Å². The van der Waals surface area contributed by atoms with Crippen molar-refractivity contribution in [1.29, 1.82) is 0 Å². The van der Waals surface area contributed by atoms with E-state index in [-0.39, 0.29) is 6.04 Å². The quantitative estimate of drug-likeness (QED) is 0.857. The molecule has 1 aliphatic rings. The second kappa shape index (κ2) is 8.19. The molecule has 6 heteroatoms. The van der Waals surface area contributed by atoms with Crippen LogP contribution < -0.4 is 9.47 Å². The van der Waals surface area contributed by atoms with Crippen LogP contribution in [0.3, 0.4) is 0 Å². The van der Waals surface area contributed by atoms with E-state index >= 15 is 0 Å². The minimum absolute atomic E-state index is 0.244. The number of piperidine rings is 1. The Morgan fingerprint density at radius 2 is 2.12 bits per heavy atom. The van der Waals surface area contributed by atoms with Crippen molar-refractivity contribution >= 4 is 5.97 Å². The minimum atomic E-state index is -0.786. The maximum absolute atomic E-state index is 11.9. The first-order chi connectivity index (χ1) is 12.7. The van der Waals surface area contributed by atoms with Crippen LogP contribution in [0.1, 0.15) is 36.4 Å². The SMILES string of the molecule is COc1ccc(C(c2cccnc2)N2CCCCC2C(=O)O)c(OC)c1. The first-order valence-electron chi connectivity index (χ1n) is 8.76. The molecule has 2 atom stereocenters. The van der Waals surface area contributed by atoms with Gasteiger partial charge in [-0.2, -0.15) is 0 Å². The number of methoxy groups -OCH3 is 2. The average Bonchev–Trinajstić information content (AvgIpc) is 2.69. The standard InChI is InChI=1S/C20H24N2O4/c1-25-15-8-9-16(18(12-15)26-2)19(14-6-5-10-21-13-14)22-11-4-3-7-17(22)20(23)24/h5-6,8-10,12-13,17,19H,3-4,7,11H2,1-2H3,(H,23,24). The van der Waals surface area contributed by atoms with Gasteiger partial charge in [0.25, 0.3) is 0 Å². The van der Waals surface area contributed by atoms with Crippen LogP contribution in [0.4, 0.5) is 0 Å².